The Kier molecular flexibility index (Phi) is 13.1. The molecule has 0 unspecified atom stereocenters. The fourth-order valence-electron chi connectivity index (χ4n) is 3.56. The Bertz CT molecular complexity index is 929. The molecular formula is C28H40F3N3O2. The monoisotopic (exact) mass is 507 g/mol. The molecule has 0 spiro atoms. The van der Waals surface area contributed by atoms with Crippen LogP contribution in [0.2, 0.25) is 0 Å². The van der Waals surface area contributed by atoms with Gasteiger partial charge >= 0.3 is 18.1 Å². The van der Waals surface area contributed by atoms with E-state index in [2.05, 4.69) is 48.7 Å². The van der Waals surface area contributed by atoms with Gasteiger partial charge in [-0.25, -0.2) is 4.79 Å². The van der Waals surface area contributed by atoms with E-state index in [0.717, 1.165) is 30.4 Å². The van der Waals surface area contributed by atoms with Crippen LogP contribution >= 0.6 is 0 Å². The van der Waals surface area contributed by atoms with Crippen molar-refractivity contribution in [2.75, 3.05) is 0 Å². The molecule has 0 aliphatic carbocycles. The standard InChI is InChI=1S/C16H26N2O.C12H14F3NO/c1-5-6-13(3)17-16(19)18-14(4)11-15-9-7-12(2)8-10-15;1-8-3-5-10(6-4-8)7-9(2)16-11(17)12(13,14)15/h7-10,13-14H,5-6,11H2,1-4H3,(H2,17,18,19);3-6,9H,7H2,1-2H3,(H,16,17)/t13-,14-;9-/m11/s1. The van der Waals surface area contributed by atoms with Crippen molar-refractivity contribution in [3.63, 3.8) is 0 Å². The normalized spacial score (nSPS) is 13.5. The number of aryl methyl sites for hydroxylation is 2. The Morgan fingerprint density at radius 3 is 1.50 bits per heavy atom. The van der Waals surface area contributed by atoms with Gasteiger partial charge in [-0.2, -0.15) is 13.2 Å². The zero-order chi connectivity index (χ0) is 27.3. The fraction of sp³-hybridized carbons (Fsp3) is 0.500. The predicted octanol–water partition coefficient (Wildman–Crippen LogP) is 6.02. The SMILES string of the molecule is CCC[C@@H](C)NC(=O)N[C@H](C)Cc1ccc(C)cc1.Cc1ccc(C[C@@H](C)NC(=O)C(F)(F)F)cc1. The fourth-order valence-corrected chi connectivity index (χ4v) is 3.56. The molecule has 3 N–H and O–H groups in total. The first kappa shape index (κ1) is 31.0. The van der Waals surface area contributed by atoms with Crippen molar-refractivity contribution in [1.82, 2.24) is 16.0 Å². The number of benzene rings is 2. The van der Waals surface area contributed by atoms with Crippen molar-refractivity contribution in [2.45, 2.75) is 91.5 Å². The molecule has 2 aromatic rings. The number of hydrogen-bond acceptors (Lipinski definition) is 2. The van der Waals surface area contributed by atoms with Gasteiger partial charge in [0.2, 0.25) is 0 Å². The van der Waals surface area contributed by atoms with Crippen molar-refractivity contribution < 1.29 is 22.8 Å². The summed E-state index contributed by atoms with van der Waals surface area (Å²) in [6, 6.07) is 15.6. The molecule has 2 rings (SSSR count). The molecule has 0 fully saturated rings. The highest BCUT2D eigenvalue weighted by atomic mass is 19.4. The Morgan fingerprint density at radius 1 is 0.722 bits per heavy atom. The lowest BCUT2D eigenvalue weighted by Gasteiger charge is -2.18. The molecule has 2 aromatic carbocycles. The third kappa shape index (κ3) is 13.2. The lowest BCUT2D eigenvalue weighted by atomic mass is 10.1. The van der Waals surface area contributed by atoms with Crippen molar-refractivity contribution in [2.24, 2.45) is 0 Å². The van der Waals surface area contributed by atoms with Gasteiger partial charge < -0.3 is 16.0 Å². The van der Waals surface area contributed by atoms with Crippen LogP contribution in [0.1, 0.15) is 62.8 Å². The first-order chi connectivity index (χ1) is 16.8. The number of nitrogens with one attached hydrogen (secondary N) is 3. The third-order valence-electron chi connectivity index (χ3n) is 5.44. The summed E-state index contributed by atoms with van der Waals surface area (Å²) in [4.78, 5) is 22.4. The Morgan fingerprint density at radius 2 is 1.11 bits per heavy atom. The molecule has 0 heterocycles. The van der Waals surface area contributed by atoms with Crippen LogP contribution in [-0.4, -0.2) is 36.2 Å². The van der Waals surface area contributed by atoms with Gasteiger partial charge in [0, 0.05) is 18.1 Å². The summed E-state index contributed by atoms with van der Waals surface area (Å²) < 4.78 is 36.0. The van der Waals surface area contributed by atoms with E-state index in [1.54, 1.807) is 6.92 Å². The maximum atomic E-state index is 12.0. The van der Waals surface area contributed by atoms with Crippen molar-refractivity contribution >= 4 is 11.9 Å². The van der Waals surface area contributed by atoms with E-state index in [1.165, 1.54) is 11.1 Å². The molecule has 36 heavy (non-hydrogen) atoms. The lowest BCUT2D eigenvalue weighted by Crippen LogP contribution is -2.45. The molecule has 0 aliphatic rings. The number of halogens is 3. The van der Waals surface area contributed by atoms with Gasteiger partial charge in [0.1, 0.15) is 0 Å². The summed E-state index contributed by atoms with van der Waals surface area (Å²) >= 11 is 0. The smallest absolute Gasteiger partial charge is 0.345 e. The molecule has 0 aliphatic heterocycles. The van der Waals surface area contributed by atoms with Crippen molar-refractivity contribution in [3.8, 4) is 0 Å². The summed E-state index contributed by atoms with van der Waals surface area (Å²) in [6.07, 6.45) is -1.49. The molecule has 0 saturated heterocycles. The number of carbonyl (C=O) groups excluding carboxylic acids is 2. The van der Waals surface area contributed by atoms with Crippen molar-refractivity contribution in [3.05, 3.63) is 70.8 Å². The minimum atomic E-state index is -4.82. The quantitative estimate of drug-likeness (QED) is 0.389. The number of carbonyl (C=O) groups is 2. The highest BCUT2D eigenvalue weighted by Crippen LogP contribution is 2.15. The van der Waals surface area contributed by atoms with Crippen LogP contribution in [0.15, 0.2) is 48.5 Å². The summed E-state index contributed by atoms with van der Waals surface area (Å²) in [5, 5.41) is 7.86. The Balaban J connectivity index is 0.000000362. The van der Waals surface area contributed by atoms with Crippen LogP contribution in [0.3, 0.4) is 0 Å². The summed E-state index contributed by atoms with van der Waals surface area (Å²) in [5.41, 5.74) is 4.49. The molecule has 0 aromatic heterocycles. The maximum Gasteiger partial charge on any atom is 0.471 e. The predicted molar refractivity (Wildman–Crippen MR) is 139 cm³/mol. The highest BCUT2D eigenvalue weighted by Gasteiger charge is 2.39. The second kappa shape index (κ2) is 15.2. The Hall–Kier alpha value is -3.03. The second-order valence-corrected chi connectivity index (χ2v) is 9.46. The maximum absolute atomic E-state index is 12.0. The van der Waals surface area contributed by atoms with Crippen LogP contribution in [0.5, 0.6) is 0 Å². The molecule has 200 valence electrons. The average molecular weight is 508 g/mol. The summed E-state index contributed by atoms with van der Waals surface area (Å²) in [5.74, 6) is -1.89. The number of urea groups is 1. The minimum absolute atomic E-state index is 0.0689. The zero-order valence-corrected chi connectivity index (χ0v) is 22.1. The van der Waals surface area contributed by atoms with Gasteiger partial charge in [-0.1, -0.05) is 73.0 Å². The van der Waals surface area contributed by atoms with E-state index in [9.17, 15) is 22.8 Å². The second-order valence-electron chi connectivity index (χ2n) is 9.46. The van der Waals surface area contributed by atoms with Crippen LogP contribution in [0, 0.1) is 13.8 Å². The van der Waals surface area contributed by atoms with E-state index < -0.39 is 18.1 Å². The lowest BCUT2D eigenvalue weighted by molar-refractivity contribution is -0.174. The highest BCUT2D eigenvalue weighted by molar-refractivity contribution is 5.81. The number of amides is 3. The summed E-state index contributed by atoms with van der Waals surface area (Å²) in [7, 11) is 0. The average Bonchev–Trinajstić information content (AvgIpc) is 2.76. The molecule has 3 amide bonds. The van der Waals surface area contributed by atoms with E-state index >= 15 is 0 Å². The number of alkyl halides is 3. The largest absolute Gasteiger partial charge is 0.471 e. The molecule has 0 radical (unpaired) electrons. The van der Waals surface area contributed by atoms with Gasteiger partial charge in [0.15, 0.2) is 0 Å². The first-order valence-corrected chi connectivity index (χ1v) is 12.4. The Labute approximate surface area is 213 Å². The van der Waals surface area contributed by atoms with Gasteiger partial charge in [0.25, 0.3) is 0 Å². The van der Waals surface area contributed by atoms with E-state index in [4.69, 9.17) is 0 Å². The number of rotatable bonds is 9. The topological polar surface area (TPSA) is 70.2 Å². The summed E-state index contributed by atoms with van der Waals surface area (Å²) in [6.45, 7) is 11.7. The third-order valence-corrected chi connectivity index (χ3v) is 5.44. The molecular weight excluding hydrogens is 467 g/mol. The van der Waals surface area contributed by atoms with Gasteiger partial charge in [-0.3, -0.25) is 4.79 Å². The van der Waals surface area contributed by atoms with Gasteiger partial charge in [-0.05, 0) is 65.0 Å². The van der Waals surface area contributed by atoms with E-state index in [-0.39, 0.29) is 18.1 Å². The molecule has 8 heteroatoms. The molecule has 5 nitrogen and oxygen atoms in total. The van der Waals surface area contributed by atoms with Gasteiger partial charge in [-0.15, -0.1) is 0 Å². The van der Waals surface area contributed by atoms with Crippen molar-refractivity contribution in [1.29, 1.82) is 0 Å². The molecule has 0 bridgehead atoms. The minimum Gasteiger partial charge on any atom is -0.345 e. The van der Waals surface area contributed by atoms with Gasteiger partial charge in [0.05, 0.1) is 0 Å². The first-order valence-electron chi connectivity index (χ1n) is 12.4. The van der Waals surface area contributed by atoms with Crippen LogP contribution in [-0.2, 0) is 17.6 Å². The van der Waals surface area contributed by atoms with E-state index in [0.29, 0.717) is 6.42 Å². The molecule has 3 atom stereocenters. The van der Waals surface area contributed by atoms with Crippen LogP contribution in [0.4, 0.5) is 18.0 Å². The van der Waals surface area contributed by atoms with Crippen LogP contribution in [0.25, 0.3) is 0 Å². The zero-order valence-electron chi connectivity index (χ0n) is 22.1. The molecule has 0 saturated carbocycles. The van der Waals surface area contributed by atoms with E-state index in [1.807, 2.05) is 50.4 Å². The number of hydrogen-bond donors (Lipinski definition) is 3. The van der Waals surface area contributed by atoms with Crippen LogP contribution < -0.4 is 16.0 Å².